The summed E-state index contributed by atoms with van der Waals surface area (Å²) < 4.78 is 4.90. The van der Waals surface area contributed by atoms with Crippen LogP contribution in [-0.4, -0.2) is 18.6 Å². The van der Waals surface area contributed by atoms with Gasteiger partial charge < -0.3 is 4.74 Å². The van der Waals surface area contributed by atoms with Crippen LogP contribution in [0.3, 0.4) is 0 Å². The molecule has 3 nitrogen and oxygen atoms in total. The zero-order valence-electron chi connectivity index (χ0n) is 9.07. The highest BCUT2D eigenvalue weighted by molar-refractivity contribution is 6.30. The largest absolute Gasteiger partial charge is 0.464 e. The van der Waals surface area contributed by atoms with Gasteiger partial charge in [-0.05, 0) is 24.6 Å². The Labute approximate surface area is 99.7 Å². The first-order valence-corrected chi connectivity index (χ1v) is 5.73. The van der Waals surface area contributed by atoms with E-state index in [2.05, 4.69) is 5.32 Å². The fraction of sp³-hybridized carbons (Fsp3) is 0.417. The van der Waals surface area contributed by atoms with Gasteiger partial charge in [0.25, 0.3) is 0 Å². The van der Waals surface area contributed by atoms with E-state index in [1.807, 2.05) is 31.2 Å². The molecule has 1 saturated heterocycles. The molecule has 0 aromatic heterocycles. The average Bonchev–Trinajstić information content (AvgIpc) is 2.64. The highest BCUT2D eigenvalue weighted by atomic mass is 35.5. The van der Waals surface area contributed by atoms with Crippen molar-refractivity contribution < 1.29 is 9.53 Å². The standard InChI is InChI=1S/C12H14ClNO2/c1-8(9-3-2-4-10(13)7-9)14-11-5-6-16-12(11)15/h2-4,7-8,11,14H,5-6H2,1H3. The zero-order chi connectivity index (χ0) is 11.5. The second-order valence-corrected chi connectivity index (χ2v) is 4.39. The summed E-state index contributed by atoms with van der Waals surface area (Å²) in [5.41, 5.74) is 1.08. The molecule has 1 aromatic carbocycles. The lowest BCUT2D eigenvalue weighted by Crippen LogP contribution is -2.35. The Morgan fingerprint density at radius 1 is 1.56 bits per heavy atom. The predicted molar refractivity (Wildman–Crippen MR) is 62.4 cm³/mol. The lowest BCUT2D eigenvalue weighted by Gasteiger charge is -2.17. The van der Waals surface area contributed by atoms with E-state index in [0.717, 1.165) is 12.0 Å². The molecular formula is C12H14ClNO2. The Hall–Kier alpha value is -1.06. The molecule has 1 aromatic rings. The predicted octanol–water partition coefficient (Wildman–Crippen LogP) is 2.31. The van der Waals surface area contributed by atoms with Crippen LogP contribution >= 0.6 is 11.6 Å². The van der Waals surface area contributed by atoms with Crippen LogP contribution in [0.15, 0.2) is 24.3 Å². The number of halogens is 1. The van der Waals surface area contributed by atoms with Gasteiger partial charge in [-0.2, -0.15) is 0 Å². The van der Waals surface area contributed by atoms with Crippen molar-refractivity contribution in [2.75, 3.05) is 6.61 Å². The van der Waals surface area contributed by atoms with E-state index >= 15 is 0 Å². The maximum Gasteiger partial charge on any atom is 0.323 e. The molecule has 1 aliphatic rings. The van der Waals surface area contributed by atoms with E-state index in [-0.39, 0.29) is 18.1 Å². The number of ether oxygens (including phenoxy) is 1. The van der Waals surface area contributed by atoms with Crippen LogP contribution in [0.25, 0.3) is 0 Å². The number of carbonyl (C=O) groups is 1. The van der Waals surface area contributed by atoms with Crippen molar-refractivity contribution in [3.05, 3.63) is 34.9 Å². The van der Waals surface area contributed by atoms with Gasteiger partial charge in [0.05, 0.1) is 6.61 Å². The quantitative estimate of drug-likeness (QED) is 0.823. The van der Waals surface area contributed by atoms with Crippen LogP contribution in [0.2, 0.25) is 5.02 Å². The van der Waals surface area contributed by atoms with Crippen LogP contribution in [0.5, 0.6) is 0 Å². The average molecular weight is 240 g/mol. The fourth-order valence-corrected chi connectivity index (χ4v) is 2.02. The summed E-state index contributed by atoms with van der Waals surface area (Å²) in [6.07, 6.45) is 0.740. The normalized spacial score (nSPS) is 21.9. The number of rotatable bonds is 3. The molecule has 1 aliphatic heterocycles. The van der Waals surface area contributed by atoms with Gasteiger partial charge in [0, 0.05) is 17.5 Å². The molecule has 2 atom stereocenters. The van der Waals surface area contributed by atoms with Crippen molar-refractivity contribution in [3.63, 3.8) is 0 Å². The Bertz CT molecular complexity index is 394. The Kier molecular flexibility index (Phi) is 3.46. The number of benzene rings is 1. The van der Waals surface area contributed by atoms with Crippen molar-refractivity contribution in [2.45, 2.75) is 25.4 Å². The third-order valence-corrected chi connectivity index (χ3v) is 2.97. The summed E-state index contributed by atoms with van der Waals surface area (Å²) in [5, 5.41) is 3.95. The first-order chi connectivity index (χ1) is 7.66. The summed E-state index contributed by atoms with van der Waals surface area (Å²) in [7, 11) is 0. The molecule has 1 N–H and O–H groups in total. The third kappa shape index (κ3) is 2.54. The monoisotopic (exact) mass is 239 g/mol. The van der Waals surface area contributed by atoms with Gasteiger partial charge in [-0.15, -0.1) is 0 Å². The van der Waals surface area contributed by atoms with E-state index in [9.17, 15) is 4.79 Å². The molecule has 0 spiro atoms. The molecule has 0 bridgehead atoms. The smallest absolute Gasteiger partial charge is 0.323 e. The number of carbonyl (C=O) groups excluding carboxylic acids is 1. The van der Waals surface area contributed by atoms with Crippen LogP contribution in [0, 0.1) is 0 Å². The second kappa shape index (κ2) is 4.85. The maximum absolute atomic E-state index is 11.3. The van der Waals surface area contributed by atoms with Gasteiger partial charge >= 0.3 is 5.97 Å². The number of cyclic esters (lactones) is 1. The van der Waals surface area contributed by atoms with Gasteiger partial charge in [0.2, 0.25) is 0 Å². The van der Waals surface area contributed by atoms with Gasteiger partial charge in [0.1, 0.15) is 6.04 Å². The summed E-state index contributed by atoms with van der Waals surface area (Å²) in [6.45, 7) is 2.52. The van der Waals surface area contributed by atoms with Crippen molar-refractivity contribution in [1.82, 2.24) is 5.32 Å². The molecule has 0 saturated carbocycles. The molecule has 16 heavy (non-hydrogen) atoms. The van der Waals surface area contributed by atoms with E-state index in [0.29, 0.717) is 11.6 Å². The molecule has 0 aliphatic carbocycles. The zero-order valence-corrected chi connectivity index (χ0v) is 9.83. The summed E-state index contributed by atoms with van der Waals surface area (Å²) in [5.74, 6) is -0.158. The first-order valence-electron chi connectivity index (χ1n) is 5.35. The highest BCUT2D eigenvalue weighted by Gasteiger charge is 2.27. The van der Waals surface area contributed by atoms with Crippen LogP contribution in [0.4, 0.5) is 0 Å². The lowest BCUT2D eigenvalue weighted by molar-refractivity contribution is -0.139. The number of hydrogen-bond donors (Lipinski definition) is 1. The van der Waals surface area contributed by atoms with E-state index < -0.39 is 0 Å². The Morgan fingerprint density at radius 2 is 2.38 bits per heavy atom. The first kappa shape index (κ1) is 11.4. The van der Waals surface area contributed by atoms with Crippen LogP contribution in [0.1, 0.15) is 24.9 Å². The number of esters is 1. The molecule has 2 unspecified atom stereocenters. The van der Waals surface area contributed by atoms with Crippen LogP contribution < -0.4 is 5.32 Å². The molecule has 4 heteroatoms. The summed E-state index contributed by atoms with van der Waals surface area (Å²) in [6, 6.07) is 7.54. The molecule has 0 amide bonds. The minimum Gasteiger partial charge on any atom is -0.464 e. The van der Waals surface area contributed by atoms with Crippen molar-refractivity contribution in [1.29, 1.82) is 0 Å². The Morgan fingerprint density at radius 3 is 3.00 bits per heavy atom. The van der Waals surface area contributed by atoms with Crippen molar-refractivity contribution in [2.24, 2.45) is 0 Å². The summed E-state index contributed by atoms with van der Waals surface area (Å²) in [4.78, 5) is 11.3. The highest BCUT2D eigenvalue weighted by Crippen LogP contribution is 2.19. The maximum atomic E-state index is 11.3. The van der Waals surface area contributed by atoms with Gasteiger partial charge in [-0.1, -0.05) is 23.7 Å². The number of hydrogen-bond acceptors (Lipinski definition) is 3. The topological polar surface area (TPSA) is 38.3 Å². The molecule has 2 rings (SSSR count). The van der Waals surface area contributed by atoms with Crippen molar-refractivity contribution >= 4 is 17.6 Å². The fourth-order valence-electron chi connectivity index (χ4n) is 1.82. The van der Waals surface area contributed by atoms with Gasteiger partial charge in [-0.3, -0.25) is 10.1 Å². The van der Waals surface area contributed by atoms with Gasteiger partial charge in [0.15, 0.2) is 0 Å². The summed E-state index contributed by atoms with van der Waals surface area (Å²) >= 11 is 5.91. The number of nitrogens with one attached hydrogen (secondary N) is 1. The SMILES string of the molecule is CC(NC1CCOC1=O)c1cccc(Cl)c1. The second-order valence-electron chi connectivity index (χ2n) is 3.95. The molecule has 86 valence electrons. The molecule has 1 fully saturated rings. The van der Waals surface area contributed by atoms with Gasteiger partial charge in [-0.25, -0.2) is 0 Å². The molecule has 1 heterocycles. The van der Waals surface area contributed by atoms with E-state index in [1.54, 1.807) is 0 Å². The minimum atomic E-state index is -0.186. The third-order valence-electron chi connectivity index (χ3n) is 2.74. The minimum absolute atomic E-state index is 0.0920. The molecule has 0 radical (unpaired) electrons. The Balaban J connectivity index is 2.02. The van der Waals surface area contributed by atoms with E-state index in [4.69, 9.17) is 16.3 Å². The lowest BCUT2D eigenvalue weighted by atomic mass is 10.1. The van der Waals surface area contributed by atoms with Crippen molar-refractivity contribution in [3.8, 4) is 0 Å². The molecular weight excluding hydrogens is 226 g/mol. The van der Waals surface area contributed by atoms with E-state index in [1.165, 1.54) is 0 Å². The van der Waals surface area contributed by atoms with Crippen LogP contribution in [-0.2, 0) is 9.53 Å².